The summed E-state index contributed by atoms with van der Waals surface area (Å²) in [6.07, 6.45) is 5.11. The minimum atomic E-state index is -0.690. The van der Waals surface area contributed by atoms with Gasteiger partial charge in [-0.25, -0.2) is 0 Å². The van der Waals surface area contributed by atoms with Crippen LogP contribution in [0.1, 0.15) is 44.0 Å². The van der Waals surface area contributed by atoms with E-state index in [1.54, 1.807) is 0 Å². The third kappa shape index (κ3) is 2.26. The highest BCUT2D eigenvalue weighted by atomic mass is 16.4. The van der Waals surface area contributed by atoms with Gasteiger partial charge >= 0.3 is 5.97 Å². The molecule has 0 aliphatic heterocycles. The Hall–Kier alpha value is -1.32. The molecule has 4 nitrogen and oxygen atoms in total. The quantitative estimate of drug-likeness (QED) is 0.851. The van der Waals surface area contributed by atoms with Crippen LogP contribution in [-0.4, -0.2) is 20.9 Å². The Balaban J connectivity index is 2.11. The number of fused-ring (bicyclic) bond motifs is 1. The molecule has 88 valence electrons. The molecular formula is C12H18N2O2. The van der Waals surface area contributed by atoms with E-state index in [1.807, 2.05) is 4.68 Å². The Kier molecular flexibility index (Phi) is 2.99. The first kappa shape index (κ1) is 11.2. The molecule has 16 heavy (non-hydrogen) atoms. The van der Waals surface area contributed by atoms with E-state index in [0.29, 0.717) is 6.04 Å². The highest BCUT2D eigenvalue weighted by Gasteiger charge is 2.23. The van der Waals surface area contributed by atoms with Crippen LogP contribution in [0.15, 0.2) is 6.20 Å². The number of aliphatic carboxylic acids is 1. The summed E-state index contributed by atoms with van der Waals surface area (Å²) in [7, 11) is 0. The topological polar surface area (TPSA) is 55.1 Å². The first-order valence-electron chi connectivity index (χ1n) is 5.85. The van der Waals surface area contributed by atoms with Crippen molar-refractivity contribution in [2.45, 2.75) is 45.6 Å². The first-order valence-corrected chi connectivity index (χ1v) is 5.85. The van der Waals surface area contributed by atoms with E-state index in [2.05, 4.69) is 25.1 Å². The number of rotatable bonds is 3. The summed E-state index contributed by atoms with van der Waals surface area (Å²) in [4.78, 5) is 10.7. The second-order valence-corrected chi connectivity index (χ2v) is 4.88. The van der Waals surface area contributed by atoms with E-state index in [9.17, 15) is 4.79 Å². The maximum atomic E-state index is 10.7. The number of carboxylic acid groups (broad SMARTS) is 1. The van der Waals surface area contributed by atoms with E-state index in [-0.39, 0.29) is 12.3 Å². The number of carbonyl (C=O) groups is 1. The van der Waals surface area contributed by atoms with Gasteiger partial charge in [0.05, 0.1) is 5.69 Å². The van der Waals surface area contributed by atoms with E-state index in [0.717, 1.165) is 25.0 Å². The number of hydrogen-bond donors (Lipinski definition) is 1. The average Bonchev–Trinajstić information content (AvgIpc) is 2.59. The molecule has 0 aromatic carbocycles. The Morgan fingerprint density at radius 2 is 2.44 bits per heavy atom. The summed E-state index contributed by atoms with van der Waals surface area (Å²) in [6.45, 7) is 4.21. The molecule has 0 radical (unpaired) electrons. The Labute approximate surface area is 95.3 Å². The highest BCUT2D eigenvalue weighted by Crippen LogP contribution is 2.27. The minimum Gasteiger partial charge on any atom is -0.481 e. The molecule has 0 spiro atoms. The van der Waals surface area contributed by atoms with Crippen molar-refractivity contribution in [1.29, 1.82) is 0 Å². The van der Waals surface area contributed by atoms with E-state index < -0.39 is 5.97 Å². The molecule has 2 rings (SSSR count). The minimum absolute atomic E-state index is 0.284. The van der Waals surface area contributed by atoms with Crippen LogP contribution in [0.3, 0.4) is 0 Å². The van der Waals surface area contributed by atoms with Crippen LogP contribution in [0.5, 0.6) is 0 Å². The Morgan fingerprint density at radius 1 is 1.69 bits per heavy atom. The van der Waals surface area contributed by atoms with Gasteiger partial charge in [0.1, 0.15) is 0 Å². The lowest BCUT2D eigenvalue weighted by Gasteiger charge is -2.18. The second kappa shape index (κ2) is 4.28. The number of aromatic nitrogens is 2. The van der Waals surface area contributed by atoms with Crippen molar-refractivity contribution >= 4 is 5.97 Å². The van der Waals surface area contributed by atoms with Gasteiger partial charge < -0.3 is 5.11 Å². The lowest BCUT2D eigenvalue weighted by molar-refractivity contribution is -0.138. The van der Waals surface area contributed by atoms with Gasteiger partial charge in [-0.05, 0) is 44.6 Å². The van der Waals surface area contributed by atoms with Gasteiger partial charge in [-0.1, -0.05) is 0 Å². The van der Waals surface area contributed by atoms with Crippen molar-refractivity contribution in [2.75, 3.05) is 0 Å². The number of nitrogens with zero attached hydrogens (tertiary/aromatic N) is 2. The molecule has 1 aromatic heterocycles. The third-order valence-electron chi connectivity index (χ3n) is 3.19. The van der Waals surface area contributed by atoms with Crippen molar-refractivity contribution in [3.05, 3.63) is 17.5 Å². The SMILES string of the molecule is CC(C)n1cc2c(n1)CCC(CC(=O)O)C2. The van der Waals surface area contributed by atoms with Crippen molar-refractivity contribution in [1.82, 2.24) is 9.78 Å². The maximum absolute atomic E-state index is 10.7. The molecule has 1 aliphatic rings. The van der Waals surface area contributed by atoms with Gasteiger partial charge in [-0.3, -0.25) is 9.48 Å². The molecule has 0 fully saturated rings. The van der Waals surface area contributed by atoms with Crippen LogP contribution in [0.25, 0.3) is 0 Å². The lowest BCUT2D eigenvalue weighted by atomic mass is 9.86. The highest BCUT2D eigenvalue weighted by molar-refractivity contribution is 5.67. The molecule has 1 heterocycles. The fourth-order valence-electron chi connectivity index (χ4n) is 2.29. The lowest BCUT2D eigenvalue weighted by Crippen LogP contribution is -2.16. The van der Waals surface area contributed by atoms with Gasteiger partial charge in [-0.15, -0.1) is 0 Å². The van der Waals surface area contributed by atoms with Crippen LogP contribution in [0.2, 0.25) is 0 Å². The number of hydrogen-bond acceptors (Lipinski definition) is 2. The second-order valence-electron chi connectivity index (χ2n) is 4.88. The van der Waals surface area contributed by atoms with Gasteiger partial charge in [0.15, 0.2) is 0 Å². The molecule has 1 N–H and O–H groups in total. The average molecular weight is 222 g/mol. The maximum Gasteiger partial charge on any atom is 0.303 e. The van der Waals surface area contributed by atoms with Crippen LogP contribution in [0.4, 0.5) is 0 Å². The molecule has 1 atom stereocenters. The van der Waals surface area contributed by atoms with Crippen LogP contribution in [-0.2, 0) is 17.6 Å². The Morgan fingerprint density at radius 3 is 3.06 bits per heavy atom. The molecule has 0 amide bonds. The number of aryl methyl sites for hydroxylation is 1. The van der Waals surface area contributed by atoms with Crippen LogP contribution >= 0.6 is 0 Å². The van der Waals surface area contributed by atoms with E-state index >= 15 is 0 Å². The molecule has 1 aromatic rings. The van der Waals surface area contributed by atoms with E-state index in [4.69, 9.17) is 5.11 Å². The molecule has 0 saturated carbocycles. The Bertz CT molecular complexity index is 396. The van der Waals surface area contributed by atoms with Gasteiger partial charge in [0, 0.05) is 18.7 Å². The van der Waals surface area contributed by atoms with E-state index in [1.165, 1.54) is 5.56 Å². The summed E-state index contributed by atoms with van der Waals surface area (Å²) in [6, 6.07) is 0.378. The third-order valence-corrected chi connectivity index (χ3v) is 3.19. The van der Waals surface area contributed by atoms with Crippen molar-refractivity contribution in [3.8, 4) is 0 Å². The summed E-state index contributed by atoms with van der Waals surface area (Å²) < 4.78 is 1.98. The predicted octanol–water partition coefficient (Wildman–Crippen LogP) is 2.04. The van der Waals surface area contributed by atoms with Crippen molar-refractivity contribution in [2.24, 2.45) is 5.92 Å². The summed E-state index contributed by atoms with van der Waals surface area (Å²) in [5.41, 5.74) is 2.40. The fraction of sp³-hybridized carbons (Fsp3) is 0.667. The summed E-state index contributed by atoms with van der Waals surface area (Å²) >= 11 is 0. The van der Waals surface area contributed by atoms with Crippen LogP contribution < -0.4 is 0 Å². The van der Waals surface area contributed by atoms with Crippen molar-refractivity contribution in [3.63, 3.8) is 0 Å². The zero-order chi connectivity index (χ0) is 11.7. The van der Waals surface area contributed by atoms with Gasteiger partial charge in [-0.2, -0.15) is 5.10 Å². The normalized spacial score (nSPS) is 19.8. The number of carboxylic acids is 1. The molecule has 0 saturated heterocycles. The predicted molar refractivity (Wildman–Crippen MR) is 60.4 cm³/mol. The van der Waals surface area contributed by atoms with Gasteiger partial charge in [0.2, 0.25) is 0 Å². The largest absolute Gasteiger partial charge is 0.481 e. The molecular weight excluding hydrogens is 204 g/mol. The zero-order valence-electron chi connectivity index (χ0n) is 9.81. The standard InChI is InChI=1S/C12H18N2O2/c1-8(2)14-7-10-5-9(6-12(15)16)3-4-11(10)13-14/h7-9H,3-6H2,1-2H3,(H,15,16). The monoisotopic (exact) mass is 222 g/mol. The molecule has 1 unspecified atom stereocenters. The van der Waals surface area contributed by atoms with Gasteiger partial charge in [0.25, 0.3) is 0 Å². The zero-order valence-corrected chi connectivity index (χ0v) is 9.81. The van der Waals surface area contributed by atoms with Crippen molar-refractivity contribution < 1.29 is 9.90 Å². The molecule has 1 aliphatic carbocycles. The summed E-state index contributed by atoms with van der Waals surface area (Å²) in [5.74, 6) is -0.403. The first-order chi connectivity index (χ1) is 7.56. The molecule has 0 bridgehead atoms. The van der Waals surface area contributed by atoms with Crippen LogP contribution in [0, 0.1) is 5.92 Å². The smallest absolute Gasteiger partial charge is 0.303 e. The molecule has 4 heteroatoms. The fourth-order valence-corrected chi connectivity index (χ4v) is 2.29. The summed E-state index contributed by atoms with van der Waals surface area (Å²) in [5, 5.41) is 13.3.